The van der Waals surface area contributed by atoms with Crippen LogP contribution in [-0.4, -0.2) is 43.3 Å². The topological polar surface area (TPSA) is 41.6 Å². The maximum absolute atomic E-state index is 11.5. The highest BCUT2D eigenvalue weighted by molar-refractivity contribution is 5.68. The number of rotatable bonds is 1. The fourth-order valence-electron chi connectivity index (χ4n) is 2.22. The number of nitrogens with one attached hydrogen (secondary N) is 1. The zero-order valence-corrected chi connectivity index (χ0v) is 9.46. The Morgan fingerprint density at radius 1 is 1.57 bits per heavy atom. The second-order valence-corrected chi connectivity index (χ2v) is 4.26. The van der Waals surface area contributed by atoms with E-state index in [1.165, 1.54) is 7.11 Å². The van der Waals surface area contributed by atoms with Gasteiger partial charge in [-0.15, -0.1) is 0 Å². The van der Waals surface area contributed by atoms with E-state index in [1.807, 2.05) is 7.05 Å². The summed E-state index contributed by atoms with van der Waals surface area (Å²) in [6, 6.07) is 0.343. The fourth-order valence-corrected chi connectivity index (χ4v) is 2.22. The fraction of sp³-hybridized carbons (Fsp3) is 0.900. The molecule has 0 aromatic carbocycles. The van der Waals surface area contributed by atoms with Crippen LogP contribution in [0.5, 0.6) is 0 Å². The van der Waals surface area contributed by atoms with Crippen molar-refractivity contribution in [3.05, 3.63) is 0 Å². The van der Waals surface area contributed by atoms with Gasteiger partial charge in [0.1, 0.15) is 0 Å². The molecule has 4 nitrogen and oxygen atoms in total. The van der Waals surface area contributed by atoms with Crippen molar-refractivity contribution in [2.45, 2.75) is 38.3 Å². The molecule has 0 spiro atoms. The number of nitrogens with zero attached hydrogens (tertiary/aromatic N) is 1. The van der Waals surface area contributed by atoms with Crippen molar-refractivity contribution in [1.29, 1.82) is 0 Å². The van der Waals surface area contributed by atoms with Crippen LogP contribution in [0.25, 0.3) is 0 Å². The lowest BCUT2D eigenvalue weighted by Gasteiger charge is -2.46. The van der Waals surface area contributed by atoms with Crippen LogP contribution < -0.4 is 5.32 Å². The van der Waals surface area contributed by atoms with Gasteiger partial charge >= 0.3 is 6.09 Å². The lowest BCUT2D eigenvalue weighted by atomic mass is 9.85. The second kappa shape index (κ2) is 4.17. The van der Waals surface area contributed by atoms with E-state index < -0.39 is 0 Å². The van der Waals surface area contributed by atoms with Gasteiger partial charge in [0.2, 0.25) is 0 Å². The molecule has 0 aromatic heterocycles. The number of piperidine rings is 1. The number of amides is 1. The number of likely N-dealkylation sites (tertiary alicyclic amines) is 1. The number of likely N-dealkylation sites (N-methyl/N-ethyl adjacent to an activating group) is 1. The van der Waals surface area contributed by atoms with E-state index >= 15 is 0 Å². The summed E-state index contributed by atoms with van der Waals surface area (Å²) in [6.07, 6.45) is 1.91. The van der Waals surface area contributed by atoms with Crippen molar-refractivity contribution >= 4 is 6.09 Å². The van der Waals surface area contributed by atoms with Crippen molar-refractivity contribution in [2.24, 2.45) is 0 Å². The standard InChI is InChI=1S/C10H20N2O2/c1-10(2)8(11-3)6-5-7-12(10)9(13)14-4/h8,11H,5-7H2,1-4H3. The van der Waals surface area contributed by atoms with E-state index in [0.29, 0.717) is 6.04 Å². The Hall–Kier alpha value is -0.770. The Balaban J connectivity index is 2.79. The monoisotopic (exact) mass is 200 g/mol. The minimum atomic E-state index is -0.227. The summed E-state index contributed by atoms with van der Waals surface area (Å²) in [5.41, 5.74) is -0.167. The highest BCUT2D eigenvalue weighted by Gasteiger charge is 2.40. The van der Waals surface area contributed by atoms with E-state index in [0.717, 1.165) is 19.4 Å². The summed E-state index contributed by atoms with van der Waals surface area (Å²) in [6.45, 7) is 4.94. The first-order valence-electron chi connectivity index (χ1n) is 5.07. The van der Waals surface area contributed by atoms with Gasteiger partial charge in [-0.25, -0.2) is 4.79 Å². The van der Waals surface area contributed by atoms with Crippen molar-refractivity contribution in [3.63, 3.8) is 0 Å². The molecule has 1 fully saturated rings. The molecule has 0 radical (unpaired) electrons. The molecule has 1 N–H and O–H groups in total. The highest BCUT2D eigenvalue weighted by Crippen LogP contribution is 2.28. The third kappa shape index (κ3) is 1.85. The van der Waals surface area contributed by atoms with Gasteiger partial charge in [-0.3, -0.25) is 0 Å². The average Bonchev–Trinajstić information content (AvgIpc) is 2.16. The molecule has 1 rings (SSSR count). The Bertz CT molecular complexity index is 216. The van der Waals surface area contributed by atoms with Crippen LogP contribution in [0.3, 0.4) is 0 Å². The first-order chi connectivity index (χ1) is 6.54. The van der Waals surface area contributed by atoms with Crippen LogP contribution in [0.4, 0.5) is 4.79 Å². The number of carbonyl (C=O) groups excluding carboxylic acids is 1. The zero-order chi connectivity index (χ0) is 10.8. The Morgan fingerprint density at radius 3 is 2.71 bits per heavy atom. The molecule has 82 valence electrons. The van der Waals surface area contributed by atoms with Gasteiger partial charge in [-0.1, -0.05) is 0 Å². The summed E-state index contributed by atoms with van der Waals surface area (Å²) in [4.78, 5) is 13.3. The minimum absolute atomic E-state index is 0.167. The van der Waals surface area contributed by atoms with Crippen LogP contribution in [0.2, 0.25) is 0 Å². The molecule has 1 amide bonds. The molecule has 1 saturated heterocycles. The van der Waals surface area contributed by atoms with E-state index in [4.69, 9.17) is 4.74 Å². The third-order valence-electron chi connectivity index (χ3n) is 3.17. The summed E-state index contributed by atoms with van der Waals surface area (Å²) < 4.78 is 4.78. The van der Waals surface area contributed by atoms with Gasteiger partial charge in [-0.2, -0.15) is 0 Å². The van der Waals surface area contributed by atoms with Gasteiger partial charge in [0.05, 0.1) is 12.6 Å². The van der Waals surface area contributed by atoms with Crippen molar-refractivity contribution in [2.75, 3.05) is 20.7 Å². The van der Waals surface area contributed by atoms with Crippen molar-refractivity contribution in [3.8, 4) is 0 Å². The molecule has 1 aliphatic heterocycles. The first-order valence-corrected chi connectivity index (χ1v) is 5.07. The molecular formula is C10H20N2O2. The molecule has 1 heterocycles. The molecule has 0 saturated carbocycles. The molecule has 0 bridgehead atoms. The Labute approximate surface area is 85.6 Å². The molecule has 1 atom stereocenters. The third-order valence-corrected chi connectivity index (χ3v) is 3.17. The van der Waals surface area contributed by atoms with E-state index in [-0.39, 0.29) is 11.6 Å². The molecule has 1 aliphatic rings. The largest absolute Gasteiger partial charge is 0.453 e. The molecule has 1 unspecified atom stereocenters. The van der Waals surface area contributed by atoms with Gasteiger partial charge < -0.3 is 15.0 Å². The molecule has 0 aromatic rings. The smallest absolute Gasteiger partial charge is 0.409 e. The van der Waals surface area contributed by atoms with Crippen LogP contribution in [0.1, 0.15) is 26.7 Å². The maximum atomic E-state index is 11.5. The van der Waals surface area contributed by atoms with E-state index in [1.54, 1.807) is 4.90 Å². The molecular weight excluding hydrogens is 180 g/mol. The van der Waals surface area contributed by atoms with Gasteiger partial charge in [0.25, 0.3) is 0 Å². The van der Waals surface area contributed by atoms with Crippen LogP contribution in [0, 0.1) is 0 Å². The van der Waals surface area contributed by atoms with Gasteiger partial charge in [0, 0.05) is 12.6 Å². The van der Waals surface area contributed by atoms with Crippen LogP contribution in [-0.2, 0) is 4.74 Å². The highest BCUT2D eigenvalue weighted by atomic mass is 16.5. The molecule has 4 heteroatoms. The normalized spacial score (nSPS) is 26.0. The molecule has 14 heavy (non-hydrogen) atoms. The SMILES string of the molecule is CNC1CCCN(C(=O)OC)C1(C)C. The summed E-state index contributed by atoms with van der Waals surface area (Å²) in [5, 5.41) is 3.25. The zero-order valence-electron chi connectivity index (χ0n) is 9.46. The van der Waals surface area contributed by atoms with Gasteiger partial charge in [0.15, 0.2) is 0 Å². The average molecular weight is 200 g/mol. The van der Waals surface area contributed by atoms with Crippen molar-refractivity contribution < 1.29 is 9.53 Å². The predicted octanol–water partition coefficient (Wildman–Crippen LogP) is 1.22. The number of methoxy groups -OCH3 is 1. The molecule has 0 aliphatic carbocycles. The first kappa shape index (κ1) is 11.3. The number of hydrogen-bond acceptors (Lipinski definition) is 3. The lowest BCUT2D eigenvalue weighted by molar-refractivity contribution is 0.0366. The maximum Gasteiger partial charge on any atom is 0.409 e. The quantitative estimate of drug-likeness (QED) is 0.692. The minimum Gasteiger partial charge on any atom is -0.453 e. The summed E-state index contributed by atoms with van der Waals surface area (Å²) >= 11 is 0. The number of ether oxygens (including phenoxy) is 1. The lowest BCUT2D eigenvalue weighted by Crippen LogP contribution is -2.62. The van der Waals surface area contributed by atoms with Crippen molar-refractivity contribution in [1.82, 2.24) is 10.2 Å². The number of hydrogen-bond donors (Lipinski definition) is 1. The van der Waals surface area contributed by atoms with E-state index in [2.05, 4.69) is 19.2 Å². The summed E-state index contributed by atoms with van der Waals surface area (Å²) in [7, 11) is 3.37. The van der Waals surface area contributed by atoms with Gasteiger partial charge in [-0.05, 0) is 33.7 Å². The Kier molecular flexibility index (Phi) is 3.37. The number of carbonyl (C=O) groups is 1. The summed E-state index contributed by atoms with van der Waals surface area (Å²) in [5.74, 6) is 0. The second-order valence-electron chi connectivity index (χ2n) is 4.26. The van der Waals surface area contributed by atoms with E-state index in [9.17, 15) is 4.79 Å². The van der Waals surface area contributed by atoms with Crippen LogP contribution in [0.15, 0.2) is 0 Å². The predicted molar refractivity (Wildman–Crippen MR) is 55.3 cm³/mol. The Morgan fingerprint density at radius 2 is 2.21 bits per heavy atom. The van der Waals surface area contributed by atoms with Crippen LogP contribution >= 0.6 is 0 Å².